The van der Waals surface area contributed by atoms with Crippen LogP contribution in [0.2, 0.25) is 0 Å². The van der Waals surface area contributed by atoms with Crippen molar-refractivity contribution < 1.29 is 0 Å². The topological polar surface area (TPSA) is 30.2 Å². The average Bonchev–Trinajstić information content (AvgIpc) is 2.73. The van der Waals surface area contributed by atoms with Gasteiger partial charge in [-0.05, 0) is 12.1 Å². The van der Waals surface area contributed by atoms with Gasteiger partial charge in [-0.3, -0.25) is 0 Å². The van der Waals surface area contributed by atoms with E-state index in [0.717, 1.165) is 16.7 Å². The molecule has 0 aliphatic carbocycles. The second-order valence-corrected chi connectivity index (χ2v) is 4.10. The first kappa shape index (κ1) is 8.70. The van der Waals surface area contributed by atoms with Crippen LogP contribution in [0, 0.1) is 0 Å². The molecular weight excluding hydrogens is 210 g/mol. The number of nitrogens with zero attached hydrogens (tertiary/aromatic N) is 3. The maximum absolute atomic E-state index is 4.62. The molecule has 0 unspecified atom stereocenters. The minimum absolute atomic E-state index is 0.795. The Kier molecular flexibility index (Phi) is 1.56. The summed E-state index contributed by atoms with van der Waals surface area (Å²) >= 11 is 0. The third-order valence-corrected chi connectivity index (χ3v) is 3.03. The summed E-state index contributed by atoms with van der Waals surface area (Å²) in [5.41, 5.74) is 1.76. The highest BCUT2D eigenvalue weighted by molar-refractivity contribution is 5.97. The Morgan fingerprint density at radius 2 is 1.71 bits per heavy atom. The highest BCUT2D eigenvalue weighted by atomic mass is 15.0. The van der Waals surface area contributed by atoms with Crippen molar-refractivity contribution in [2.75, 3.05) is 0 Å². The smallest absolute Gasteiger partial charge is 0.163 e. The summed E-state index contributed by atoms with van der Waals surface area (Å²) < 4.78 is 2.06. The second-order valence-electron chi connectivity index (χ2n) is 4.10. The van der Waals surface area contributed by atoms with Crippen LogP contribution in [0.15, 0.2) is 55.0 Å². The summed E-state index contributed by atoms with van der Waals surface area (Å²) in [7, 11) is 0. The molecule has 0 amide bonds. The second kappa shape index (κ2) is 3.04. The van der Waals surface area contributed by atoms with Crippen molar-refractivity contribution in [3.8, 4) is 0 Å². The molecule has 0 radical (unpaired) electrons. The fraction of sp³-hybridized carbons (Fsp3) is 0. The van der Waals surface area contributed by atoms with Gasteiger partial charge in [0.2, 0.25) is 0 Å². The fourth-order valence-corrected chi connectivity index (χ4v) is 2.23. The summed E-state index contributed by atoms with van der Waals surface area (Å²) in [6.07, 6.45) is 5.95. The van der Waals surface area contributed by atoms with Crippen molar-refractivity contribution in [3.05, 3.63) is 55.0 Å². The van der Waals surface area contributed by atoms with E-state index in [1.807, 2.05) is 24.3 Å². The van der Waals surface area contributed by atoms with Crippen molar-refractivity contribution >= 4 is 27.5 Å². The van der Waals surface area contributed by atoms with Gasteiger partial charge in [0.05, 0.1) is 0 Å². The van der Waals surface area contributed by atoms with Crippen LogP contribution in [-0.4, -0.2) is 14.4 Å². The van der Waals surface area contributed by atoms with E-state index in [2.05, 4.69) is 38.9 Å². The molecule has 3 heterocycles. The molecule has 0 aliphatic heterocycles. The van der Waals surface area contributed by atoms with Crippen LogP contribution < -0.4 is 0 Å². The van der Waals surface area contributed by atoms with Crippen molar-refractivity contribution in [2.45, 2.75) is 0 Å². The Balaban J connectivity index is 2.28. The largest absolute Gasteiger partial charge is 0.307 e. The molecule has 3 heteroatoms. The molecule has 80 valence electrons. The molecule has 0 saturated carbocycles. The van der Waals surface area contributed by atoms with Gasteiger partial charge in [-0.2, -0.15) is 0 Å². The summed E-state index contributed by atoms with van der Waals surface area (Å²) in [5.74, 6) is 0. The van der Waals surface area contributed by atoms with Gasteiger partial charge in [0, 0.05) is 34.7 Å². The Morgan fingerprint density at radius 1 is 0.882 bits per heavy atom. The zero-order valence-electron chi connectivity index (χ0n) is 9.04. The van der Waals surface area contributed by atoms with Crippen LogP contribution in [0.5, 0.6) is 0 Å². The number of rotatable bonds is 0. The zero-order chi connectivity index (χ0) is 11.2. The molecule has 3 aromatic heterocycles. The normalized spacial score (nSPS) is 11.5. The van der Waals surface area contributed by atoms with Gasteiger partial charge in [-0.1, -0.05) is 24.3 Å². The highest BCUT2D eigenvalue weighted by Gasteiger charge is 2.05. The van der Waals surface area contributed by atoms with Gasteiger partial charge >= 0.3 is 0 Å². The molecule has 0 aliphatic rings. The van der Waals surface area contributed by atoms with Crippen LogP contribution in [0.4, 0.5) is 0 Å². The van der Waals surface area contributed by atoms with Crippen LogP contribution in [0.3, 0.4) is 0 Å². The van der Waals surface area contributed by atoms with E-state index in [1.54, 1.807) is 6.20 Å². The van der Waals surface area contributed by atoms with Crippen molar-refractivity contribution in [3.63, 3.8) is 0 Å². The number of benzene rings is 1. The summed E-state index contributed by atoms with van der Waals surface area (Å²) in [6, 6.07) is 12.2. The molecule has 4 aromatic rings. The SMILES string of the molecule is c1cnc2nc3c4ccccc4cn3cc2c1. The molecule has 0 atom stereocenters. The van der Waals surface area contributed by atoms with E-state index in [1.165, 1.54) is 10.8 Å². The Hall–Kier alpha value is -2.42. The first-order chi connectivity index (χ1) is 8.42. The lowest BCUT2D eigenvalue weighted by molar-refractivity contribution is 1.16. The highest BCUT2D eigenvalue weighted by Crippen LogP contribution is 2.22. The maximum Gasteiger partial charge on any atom is 0.163 e. The van der Waals surface area contributed by atoms with Crippen molar-refractivity contribution in [1.82, 2.24) is 14.4 Å². The molecule has 0 spiro atoms. The number of hydrogen-bond donors (Lipinski definition) is 0. The van der Waals surface area contributed by atoms with Gasteiger partial charge in [-0.25, -0.2) is 9.97 Å². The van der Waals surface area contributed by atoms with E-state index in [9.17, 15) is 0 Å². The first-order valence-corrected chi connectivity index (χ1v) is 5.53. The molecular formula is C14H9N3. The Bertz CT molecular complexity index is 840. The third kappa shape index (κ3) is 1.16. The summed E-state index contributed by atoms with van der Waals surface area (Å²) in [4.78, 5) is 8.91. The minimum atomic E-state index is 0.795. The van der Waals surface area contributed by atoms with Gasteiger partial charge in [0.25, 0.3) is 0 Å². The van der Waals surface area contributed by atoms with E-state index in [4.69, 9.17) is 0 Å². The minimum Gasteiger partial charge on any atom is -0.307 e. The molecule has 1 aromatic carbocycles. The first-order valence-electron chi connectivity index (χ1n) is 5.53. The maximum atomic E-state index is 4.62. The monoisotopic (exact) mass is 219 g/mol. The third-order valence-electron chi connectivity index (χ3n) is 3.03. The van der Waals surface area contributed by atoms with Gasteiger partial charge in [0.15, 0.2) is 5.65 Å². The van der Waals surface area contributed by atoms with Crippen molar-refractivity contribution in [2.24, 2.45) is 0 Å². The van der Waals surface area contributed by atoms with Crippen molar-refractivity contribution in [1.29, 1.82) is 0 Å². The number of hydrogen-bond acceptors (Lipinski definition) is 2. The summed E-state index contributed by atoms with van der Waals surface area (Å²) in [6.45, 7) is 0. The molecule has 17 heavy (non-hydrogen) atoms. The van der Waals surface area contributed by atoms with Crippen LogP contribution in [-0.2, 0) is 0 Å². The van der Waals surface area contributed by atoms with Crippen LogP contribution in [0.25, 0.3) is 27.5 Å². The number of aromatic nitrogens is 3. The number of pyridine rings is 1. The van der Waals surface area contributed by atoms with E-state index >= 15 is 0 Å². The quantitative estimate of drug-likeness (QED) is 0.455. The summed E-state index contributed by atoms with van der Waals surface area (Å²) in [5, 5.41) is 3.43. The van der Waals surface area contributed by atoms with E-state index in [0.29, 0.717) is 0 Å². The van der Waals surface area contributed by atoms with E-state index < -0.39 is 0 Å². The van der Waals surface area contributed by atoms with Gasteiger partial charge in [0.1, 0.15) is 5.65 Å². The lowest BCUT2D eigenvalue weighted by Crippen LogP contribution is -1.89. The predicted octanol–water partition coefficient (Wildman–Crippen LogP) is 3.04. The van der Waals surface area contributed by atoms with Crippen LogP contribution >= 0.6 is 0 Å². The lowest BCUT2D eigenvalue weighted by atomic mass is 10.2. The fourth-order valence-electron chi connectivity index (χ4n) is 2.23. The predicted molar refractivity (Wildman–Crippen MR) is 68.0 cm³/mol. The molecule has 3 nitrogen and oxygen atoms in total. The molecule has 0 fully saturated rings. The zero-order valence-corrected chi connectivity index (χ0v) is 9.04. The molecule has 4 rings (SSSR count). The molecule has 0 saturated heterocycles. The van der Waals surface area contributed by atoms with Crippen LogP contribution in [0.1, 0.15) is 0 Å². The standard InChI is InChI=1S/C14H9N3/c1-2-6-12-10(4-1)8-17-9-11-5-3-7-15-13(11)16-14(12)17/h1-9H. The van der Waals surface area contributed by atoms with Gasteiger partial charge < -0.3 is 4.40 Å². The molecule has 0 N–H and O–H groups in total. The Morgan fingerprint density at radius 3 is 2.71 bits per heavy atom. The lowest BCUT2D eigenvalue weighted by Gasteiger charge is -1.98. The van der Waals surface area contributed by atoms with Gasteiger partial charge in [-0.15, -0.1) is 0 Å². The van der Waals surface area contributed by atoms with E-state index in [-0.39, 0.29) is 0 Å². The number of fused-ring (bicyclic) bond motifs is 4. The Labute approximate surface area is 97.4 Å². The molecule has 0 bridgehead atoms. The average molecular weight is 219 g/mol.